The summed E-state index contributed by atoms with van der Waals surface area (Å²) in [5.41, 5.74) is 4.70. The Bertz CT molecular complexity index is 438. The van der Waals surface area contributed by atoms with Crippen molar-refractivity contribution in [2.75, 3.05) is 12.3 Å². The Labute approximate surface area is 95.9 Å². The molecule has 9 nitrogen and oxygen atoms in total. The molecule has 1 aliphatic heterocycles. The van der Waals surface area contributed by atoms with Gasteiger partial charge in [0.2, 0.25) is 5.95 Å². The molecule has 0 saturated carbocycles. The third-order valence-corrected chi connectivity index (χ3v) is 2.59. The predicted molar refractivity (Wildman–Crippen MR) is 55.4 cm³/mol. The number of aliphatic hydroxyl groups excluding tert-OH is 1. The number of nitrogen functional groups attached to an aromatic ring is 1. The van der Waals surface area contributed by atoms with Crippen molar-refractivity contribution in [2.24, 2.45) is 5.90 Å². The van der Waals surface area contributed by atoms with Crippen LogP contribution in [0.4, 0.5) is 5.95 Å². The fourth-order valence-electron chi connectivity index (χ4n) is 1.73. The highest BCUT2D eigenvalue weighted by atomic mass is 16.7. The maximum absolute atomic E-state index is 11.5. The Morgan fingerprint density at radius 1 is 1.71 bits per heavy atom. The molecule has 17 heavy (non-hydrogen) atoms. The summed E-state index contributed by atoms with van der Waals surface area (Å²) in [6.07, 6.45) is -0.102. The van der Waals surface area contributed by atoms with Crippen molar-refractivity contribution >= 4 is 5.95 Å². The van der Waals surface area contributed by atoms with Crippen molar-refractivity contribution in [1.29, 1.82) is 0 Å². The van der Waals surface area contributed by atoms with E-state index in [2.05, 4.69) is 14.8 Å². The second-order valence-electron chi connectivity index (χ2n) is 3.63. The van der Waals surface area contributed by atoms with E-state index in [0.717, 1.165) is 0 Å². The van der Waals surface area contributed by atoms with Crippen LogP contribution in [0.1, 0.15) is 12.6 Å². The largest absolute Gasteiger partial charge is 0.394 e. The van der Waals surface area contributed by atoms with Gasteiger partial charge in [-0.15, -0.1) is 0 Å². The lowest BCUT2D eigenvalue weighted by molar-refractivity contribution is -0.0631. The van der Waals surface area contributed by atoms with Gasteiger partial charge in [0.15, 0.2) is 0 Å². The van der Waals surface area contributed by atoms with Gasteiger partial charge in [0.25, 0.3) is 0 Å². The topological polar surface area (TPSA) is 139 Å². The number of nitrogens with zero attached hydrogens (tertiary/aromatic N) is 3. The van der Waals surface area contributed by atoms with Crippen LogP contribution in [0, 0.1) is 0 Å². The maximum Gasteiger partial charge on any atom is 0.354 e. The molecule has 3 atom stereocenters. The van der Waals surface area contributed by atoms with E-state index in [-0.39, 0.29) is 12.6 Å². The van der Waals surface area contributed by atoms with Gasteiger partial charge in [0.1, 0.15) is 24.8 Å². The van der Waals surface area contributed by atoms with Gasteiger partial charge in [-0.25, -0.2) is 15.7 Å². The van der Waals surface area contributed by atoms with E-state index < -0.39 is 24.1 Å². The molecule has 9 heteroatoms. The SMILES string of the molecule is NO[C@@H]1C[C@H](n2cnc(N)nc2=O)O[C@@H]1CO. The van der Waals surface area contributed by atoms with Crippen LogP contribution < -0.4 is 17.3 Å². The van der Waals surface area contributed by atoms with Crippen LogP contribution in [0.5, 0.6) is 0 Å². The summed E-state index contributed by atoms with van der Waals surface area (Å²) >= 11 is 0. The molecule has 5 N–H and O–H groups in total. The number of hydrogen-bond donors (Lipinski definition) is 3. The molecule has 0 amide bonds. The van der Waals surface area contributed by atoms with Crippen LogP contribution in [-0.2, 0) is 9.57 Å². The molecule has 0 bridgehead atoms. The van der Waals surface area contributed by atoms with Crippen molar-refractivity contribution in [3.05, 3.63) is 16.8 Å². The Morgan fingerprint density at radius 2 is 2.47 bits per heavy atom. The van der Waals surface area contributed by atoms with E-state index in [1.807, 2.05) is 0 Å². The average molecular weight is 243 g/mol. The highest BCUT2D eigenvalue weighted by molar-refractivity contribution is 5.09. The molecule has 0 spiro atoms. The van der Waals surface area contributed by atoms with Crippen LogP contribution in [-0.4, -0.2) is 38.5 Å². The smallest absolute Gasteiger partial charge is 0.354 e. The minimum Gasteiger partial charge on any atom is -0.394 e. The van der Waals surface area contributed by atoms with Crippen molar-refractivity contribution in [1.82, 2.24) is 14.5 Å². The standard InChI is InChI=1S/C8H13N5O4/c9-7-11-3-13(8(15)12-7)6-1-4(17-10)5(2-14)16-6/h3-6,14H,1-2,10H2,(H2,9,12,15)/t4-,5-,6-/m1/s1. The lowest BCUT2D eigenvalue weighted by Gasteiger charge is -2.13. The molecule has 1 aliphatic rings. The third-order valence-electron chi connectivity index (χ3n) is 2.59. The summed E-state index contributed by atoms with van der Waals surface area (Å²) < 4.78 is 6.59. The Morgan fingerprint density at radius 3 is 3.00 bits per heavy atom. The summed E-state index contributed by atoms with van der Waals surface area (Å²) in [6.45, 7) is -0.247. The Balaban J connectivity index is 2.22. The zero-order valence-corrected chi connectivity index (χ0v) is 8.89. The van der Waals surface area contributed by atoms with Crippen LogP contribution in [0.25, 0.3) is 0 Å². The van der Waals surface area contributed by atoms with Gasteiger partial charge in [0, 0.05) is 6.42 Å². The van der Waals surface area contributed by atoms with E-state index in [0.29, 0.717) is 6.42 Å². The molecule has 1 aromatic rings. The summed E-state index contributed by atoms with van der Waals surface area (Å²) in [6, 6.07) is 0. The van der Waals surface area contributed by atoms with E-state index in [4.69, 9.17) is 21.5 Å². The predicted octanol–water partition coefficient (Wildman–Crippen LogP) is -2.24. The zero-order valence-electron chi connectivity index (χ0n) is 8.89. The first-order valence-electron chi connectivity index (χ1n) is 4.98. The molecule has 0 aliphatic carbocycles. The Hall–Kier alpha value is -1.55. The van der Waals surface area contributed by atoms with Crippen molar-refractivity contribution < 1.29 is 14.7 Å². The van der Waals surface area contributed by atoms with Gasteiger partial charge < -0.3 is 15.6 Å². The van der Waals surface area contributed by atoms with E-state index in [9.17, 15) is 4.79 Å². The third kappa shape index (κ3) is 2.26. The summed E-state index contributed by atoms with van der Waals surface area (Å²) in [7, 11) is 0. The first-order valence-corrected chi connectivity index (χ1v) is 4.98. The van der Waals surface area contributed by atoms with Gasteiger partial charge in [-0.05, 0) is 0 Å². The number of hydrogen-bond acceptors (Lipinski definition) is 8. The molecule has 1 saturated heterocycles. The number of nitrogens with two attached hydrogens (primary N) is 2. The number of aliphatic hydroxyl groups is 1. The van der Waals surface area contributed by atoms with Gasteiger partial charge >= 0.3 is 5.69 Å². The van der Waals surface area contributed by atoms with Crippen molar-refractivity contribution in [3.63, 3.8) is 0 Å². The lowest BCUT2D eigenvalue weighted by Crippen LogP contribution is -2.30. The van der Waals surface area contributed by atoms with E-state index in [1.54, 1.807) is 0 Å². The Kier molecular flexibility index (Phi) is 3.33. The van der Waals surface area contributed by atoms with Crippen LogP contribution in [0.2, 0.25) is 0 Å². The van der Waals surface area contributed by atoms with Crippen LogP contribution >= 0.6 is 0 Å². The molecule has 2 rings (SSSR count). The van der Waals surface area contributed by atoms with Gasteiger partial charge in [-0.3, -0.25) is 9.40 Å². The molecular formula is C8H13N5O4. The molecule has 0 unspecified atom stereocenters. The number of rotatable bonds is 3. The number of ether oxygens (including phenoxy) is 1. The zero-order chi connectivity index (χ0) is 12.4. The lowest BCUT2D eigenvalue weighted by atomic mass is 10.2. The van der Waals surface area contributed by atoms with E-state index in [1.165, 1.54) is 10.9 Å². The number of aromatic nitrogens is 3. The molecule has 1 aromatic heterocycles. The molecule has 0 aromatic carbocycles. The number of anilines is 1. The normalized spacial score (nSPS) is 28.5. The van der Waals surface area contributed by atoms with Crippen LogP contribution in [0.3, 0.4) is 0 Å². The van der Waals surface area contributed by atoms with Gasteiger partial charge in [0.05, 0.1) is 6.61 Å². The second kappa shape index (κ2) is 4.75. The monoisotopic (exact) mass is 243 g/mol. The molecule has 94 valence electrons. The van der Waals surface area contributed by atoms with Crippen LogP contribution in [0.15, 0.2) is 11.1 Å². The summed E-state index contributed by atoms with van der Waals surface area (Å²) in [5, 5.41) is 9.05. The van der Waals surface area contributed by atoms with Gasteiger partial charge in [-0.1, -0.05) is 0 Å². The van der Waals surface area contributed by atoms with Crippen molar-refractivity contribution in [3.8, 4) is 0 Å². The molecule has 0 radical (unpaired) electrons. The molecule has 1 fully saturated rings. The van der Waals surface area contributed by atoms with Crippen molar-refractivity contribution in [2.45, 2.75) is 24.9 Å². The first kappa shape index (κ1) is 11.9. The van der Waals surface area contributed by atoms with E-state index >= 15 is 0 Å². The maximum atomic E-state index is 11.5. The average Bonchev–Trinajstić information content (AvgIpc) is 2.72. The minimum absolute atomic E-state index is 0.102. The fraction of sp³-hybridized carbons (Fsp3) is 0.625. The summed E-state index contributed by atoms with van der Waals surface area (Å²) in [5.74, 6) is 4.97. The van der Waals surface area contributed by atoms with Gasteiger partial charge in [-0.2, -0.15) is 4.98 Å². The fourth-order valence-corrected chi connectivity index (χ4v) is 1.73. The second-order valence-corrected chi connectivity index (χ2v) is 3.63. The minimum atomic E-state index is -0.617. The highest BCUT2D eigenvalue weighted by Crippen LogP contribution is 2.28. The summed E-state index contributed by atoms with van der Waals surface area (Å²) in [4.78, 5) is 23.4. The molecule has 2 heterocycles. The highest BCUT2D eigenvalue weighted by Gasteiger charge is 2.37. The molecular weight excluding hydrogens is 230 g/mol. The first-order chi connectivity index (χ1) is 8.15. The quantitative estimate of drug-likeness (QED) is 0.506.